The molecule has 4 N–H and O–H groups in total. The summed E-state index contributed by atoms with van der Waals surface area (Å²) in [4.78, 5) is 23.3. The van der Waals surface area contributed by atoms with Gasteiger partial charge in [-0.3, -0.25) is 15.4 Å². The number of nitrogen functional groups attached to an aromatic ring is 1. The van der Waals surface area contributed by atoms with Crippen molar-refractivity contribution in [2.45, 2.75) is 0 Å². The summed E-state index contributed by atoms with van der Waals surface area (Å²) in [5.74, 6) is -0.526. The largest absolute Gasteiger partial charge is 0.398 e. The Morgan fingerprint density at radius 3 is 2.56 bits per heavy atom. The van der Waals surface area contributed by atoms with Crippen LogP contribution in [0, 0.1) is 0 Å². The zero-order valence-corrected chi connectivity index (χ0v) is 10.2. The first-order chi connectivity index (χ1) is 8.66. The van der Waals surface area contributed by atoms with E-state index in [0.29, 0.717) is 10.7 Å². The first kappa shape index (κ1) is 12.1. The molecular weight excluding hydrogens is 250 g/mol. The van der Waals surface area contributed by atoms with Gasteiger partial charge < -0.3 is 5.73 Å². The van der Waals surface area contributed by atoms with Crippen molar-refractivity contribution in [2.75, 3.05) is 11.1 Å². The minimum Gasteiger partial charge on any atom is -0.398 e. The fraction of sp³-hybridized carbons (Fsp3) is 0. The van der Waals surface area contributed by atoms with Crippen LogP contribution in [-0.4, -0.2) is 11.9 Å². The molecule has 0 fully saturated rings. The lowest BCUT2D eigenvalue weighted by atomic mass is 10.2. The zero-order chi connectivity index (χ0) is 13.0. The second-order valence-corrected chi connectivity index (χ2v) is 4.42. The minimum absolute atomic E-state index is 0.277. The summed E-state index contributed by atoms with van der Waals surface area (Å²) < 4.78 is 0. The molecule has 0 aliphatic carbocycles. The van der Waals surface area contributed by atoms with Crippen LogP contribution < -0.4 is 16.4 Å². The van der Waals surface area contributed by atoms with E-state index in [1.165, 1.54) is 11.3 Å². The average Bonchev–Trinajstić information content (AvgIpc) is 2.82. The lowest BCUT2D eigenvalue weighted by molar-refractivity contribution is 0.0968. The molecule has 1 heterocycles. The Hall–Kier alpha value is -2.34. The highest BCUT2D eigenvalue weighted by atomic mass is 32.1. The fourth-order valence-electron chi connectivity index (χ4n) is 1.37. The highest BCUT2D eigenvalue weighted by molar-refractivity contribution is 7.14. The molecule has 6 heteroatoms. The van der Waals surface area contributed by atoms with Crippen molar-refractivity contribution < 1.29 is 9.59 Å². The summed E-state index contributed by atoms with van der Waals surface area (Å²) in [5, 5.41) is 7.26. The summed E-state index contributed by atoms with van der Waals surface area (Å²) in [6.45, 7) is 0. The van der Waals surface area contributed by atoms with Gasteiger partial charge in [-0.15, -0.1) is 11.3 Å². The SMILES string of the molecule is Nc1ccccc1C(=O)NC(=O)Nc1cccs1. The van der Waals surface area contributed by atoms with Gasteiger partial charge in [-0.25, -0.2) is 4.79 Å². The molecule has 5 nitrogen and oxygen atoms in total. The van der Waals surface area contributed by atoms with Crippen LogP contribution in [0.15, 0.2) is 41.8 Å². The smallest absolute Gasteiger partial charge is 0.326 e. The number of urea groups is 1. The number of para-hydroxylation sites is 1. The van der Waals surface area contributed by atoms with Crippen LogP contribution in [0.25, 0.3) is 0 Å². The number of hydrogen-bond donors (Lipinski definition) is 3. The Morgan fingerprint density at radius 2 is 1.89 bits per heavy atom. The Balaban J connectivity index is 2.00. The molecule has 3 amide bonds. The molecule has 0 saturated heterocycles. The van der Waals surface area contributed by atoms with E-state index >= 15 is 0 Å². The van der Waals surface area contributed by atoms with Crippen molar-refractivity contribution in [1.29, 1.82) is 0 Å². The summed E-state index contributed by atoms with van der Waals surface area (Å²) in [7, 11) is 0. The maximum Gasteiger partial charge on any atom is 0.326 e. The van der Waals surface area contributed by atoms with E-state index < -0.39 is 11.9 Å². The molecular formula is C12H11N3O2S. The lowest BCUT2D eigenvalue weighted by Gasteiger charge is -2.06. The molecule has 1 aromatic carbocycles. The third-order valence-corrected chi connectivity index (χ3v) is 2.98. The van der Waals surface area contributed by atoms with E-state index in [1.54, 1.807) is 36.4 Å². The molecule has 0 unspecified atom stereocenters. The van der Waals surface area contributed by atoms with Crippen molar-refractivity contribution >= 4 is 34.0 Å². The second-order valence-electron chi connectivity index (χ2n) is 3.47. The molecule has 0 aliphatic heterocycles. The molecule has 1 aromatic heterocycles. The molecule has 18 heavy (non-hydrogen) atoms. The van der Waals surface area contributed by atoms with Gasteiger partial charge in [0.1, 0.15) is 0 Å². The van der Waals surface area contributed by atoms with Crippen LogP contribution in [0.4, 0.5) is 15.5 Å². The molecule has 0 aliphatic rings. The summed E-state index contributed by atoms with van der Waals surface area (Å²) >= 11 is 1.37. The van der Waals surface area contributed by atoms with Gasteiger partial charge in [-0.05, 0) is 29.6 Å². The number of anilines is 2. The number of hydrogen-bond acceptors (Lipinski definition) is 4. The van der Waals surface area contributed by atoms with E-state index in [-0.39, 0.29) is 5.56 Å². The van der Waals surface area contributed by atoms with E-state index in [1.807, 2.05) is 5.38 Å². The fourth-order valence-corrected chi connectivity index (χ4v) is 1.98. The molecule has 0 spiro atoms. The first-order valence-electron chi connectivity index (χ1n) is 5.17. The van der Waals surface area contributed by atoms with Gasteiger partial charge in [0.15, 0.2) is 0 Å². The molecule has 0 saturated carbocycles. The van der Waals surface area contributed by atoms with E-state index in [0.717, 1.165) is 0 Å². The number of imide groups is 1. The number of benzene rings is 1. The Morgan fingerprint density at radius 1 is 1.11 bits per heavy atom. The minimum atomic E-state index is -0.578. The number of thiophene rings is 1. The highest BCUT2D eigenvalue weighted by Gasteiger charge is 2.12. The zero-order valence-electron chi connectivity index (χ0n) is 9.34. The summed E-state index contributed by atoms with van der Waals surface area (Å²) in [5.41, 5.74) is 6.25. The molecule has 2 aromatic rings. The van der Waals surface area contributed by atoms with Gasteiger partial charge in [0.05, 0.1) is 10.6 Å². The highest BCUT2D eigenvalue weighted by Crippen LogP contribution is 2.15. The van der Waals surface area contributed by atoms with E-state index in [4.69, 9.17) is 5.73 Å². The van der Waals surface area contributed by atoms with Crippen molar-refractivity contribution in [2.24, 2.45) is 0 Å². The van der Waals surface area contributed by atoms with Crippen molar-refractivity contribution in [3.63, 3.8) is 0 Å². The molecule has 0 radical (unpaired) electrons. The van der Waals surface area contributed by atoms with Crippen molar-refractivity contribution in [1.82, 2.24) is 5.32 Å². The summed E-state index contributed by atoms with van der Waals surface area (Å²) in [6, 6.07) is 9.53. The standard InChI is InChI=1S/C12H11N3O2S/c13-9-5-2-1-4-8(9)11(16)15-12(17)14-10-6-3-7-18-10/h1-7H,13H2,(H2,14,15,16,17). The van der Waals surface area contributed by atoms with Crippen LogP contribution in [0.1, 0.15) is 10.4 Å². The van der Waals surface area contributed by atoms with E-state index in [9.17, 15) is 9.59 Å². The molecule has 2 rings (SSSR count). The maximum absolute atomic E-state index is 11.8. The van der Waals surface area contributed by atoms with Gasteiger partial charge in [0, 0.05) is 5.69 Å². The number of carbonyl (C=O) groups excluding carboxylic acids is 2. The van der Waals surface area contributed by atoms with Gasteiger partial charge in [-0.1, -0.05) is 12.1 Å². The Kier molecular flexibility index (Phi) is 3.59. The van der Waals surface area contributed by atoms with Crippen LogP contribution in [0.5, 0.6) is 0 Å². The number of nitrogens with one attached hydrogen (secondary N) is 2. The lowest BCUT2D eigenvalue weighted by Crippen LogP contribution is -2.34. The summed E-state index contributed by atoms with van der Waals surface area (Å²) in [6.07, 6.45) is 0. The first-order valence-corrected chi connectivity index (χ1v) is 6.05. The predicted octanol–water partition coefficient (Wildman–Crippen LogP) is 2.29. The van der Waals surface area contributed by atoms with Crippen LogP contribution >= 0.6 is 11.3 Å². The van der Waals surface area contributed by atoms with Gasteiger partial charge in [0.25, 0.3) is 5.91 Å². The third kappa shape index (κ3) is 2.86. The van der Waals surface area contributed by atoms with Crippen molar-refractivity contribution in [3.8, 4) is 0 Å². The van der Waals surface area contributed by atoms with E-state index in [2.05, 4.69) is 10.6 Å². The Bertz CT molecular complexity index is 566. The average molecular weight is 261 g/mol. The van der Waals surface area contributed by atoms with Crippen LogP contribution in [-0.2, 0) is 0 Å². The quantitative estimate of drug-likeness (QED) is 0.725. The predicted molar refractivity (Wildman–Crippen MR) is 71.7 cm³/mol. The number of nitrogens with two attached hydrogens (primary N) is 1. The van der Waals surface area contributed by atoms with Gasteiger partial charge in [0.2, 0.25) is 0 Å². The number of carbonyl (C=O) groups is 2. The number of amides is 3. The third-order valence-electron chi connectivity index (χ3n) is 2.19. The molecule has 92 valence electrons. The van der Waals surface area contributed by atoms with Crippen LogP contribution in [0.3, 0.4) is 0 Å². The maximum atomic E-state index is 11.8. The van der Waals surface area contributed by atoms with Gasteiger partial charge >= 0.3 is 6.03 Å². The second kappa shape index (κ2) is 5.33. The number of rotatable bonds is 2. The molecule has 0 bridgehead atoms. The molecule has 0 atom stereocenters. The van der Waals surface area contributed by atoms with Gasteiger partial charge in [-0.2, -0.15) is 0 Å². The monoisotopic (exact) mass is 261 g/mol. The normalized spacial score (nSPS) is 9.78. The van der Waals surface area contributed by atoms with Crippen LogP contribution in [0.2, 0.25) is 0 Å². The van der Waals surface area contributed by atoms with Crippen molar-refractivity contribution in [3.05, 3.63) is 47.3 Å². The topological polar surface area (TPSA) is 84.2 Å². The Labute approximate surface area is 108 Å².